The maximum atomic E-state index is 13.7. The van der Waals surface area contributed by atoms with Crippen molar-refractivity contribution < 1.29 is 18.0 Å². The molecule has 1 atom stereocenters. The number of carbonyl (C=O) groups excluding carboxylic acids is 2. The molecule has 1 unspecified atom stereocenters. The third-order valence-corrected chi connectivity index (χ3v) is 7.00. The first-order chi connectivity index (χ1) is 16.5. The van der Waals surface area contributed by atoms with Crippen LogP contribution in [0.3, 0.4) is 0 Å². The summed E-state index contributed by atoms with van der Waals surface area (Å²) in [5.74, 6) is -0.647. The molecule has 192 valence electrons. The molecule has 0 aliphatic heterocycles. The number of unbranched alkanes of at least 4 members (excludes halogenated alkanes) is 1. The Kier molecular flexibility index (Phi) is 10.3. The minimum Gasteiger partial charge on any atom is -0.354 e. The van der Waals surface area contributed by atoms with Gasteiger partial charge in [0.05, 0.1) is 11.9 Å². The lowest BCUT2D eigenvalue weighted by Gasteiger charge is -2.33. The number of anilines is 1. The van der Waals surface area contributed by atoms with Crippen molar-refractivity contribution in [3.8, 4) is 0 Å². The minimum absolute atomic E-state index is 0.212. The smallest absolute Gasteiger partial charge is 0.244 e. The number of nitrogens with zero attached hydrogens (tertiary/aromatic N) is 2. The second kappa shape index (κ2) is 12.7. The maximum absolute atomic E-state index is 13.7. The van der Waals surface area contributed by atoms with Crippen LogP contribution in [0.15, 0.2) is 42.5 Å². The van der Waals surface area contributed by atoms with E-state index in [0.29, 0.717) is 18.7 Å². The van der Waals surface area contributed by atoms with Gasteiger partial charge in [-0.1, -0.05) is 56.2 Å². The van der Waals surface area contributed by atoms with Gasteiger partial charge in [0, 0.05) is 13.1 Å². The van der Waals surface area contributed by atoms with Crippen LogP contribution in [-0.4, -0.2) is 50.5 Å². The molecule has 0 radical (unpaired) electrons. The number of aryl methyl sites for hydroxylation is 3. The lowest BCUT2D eigenvalue weighted by atomic mass is 10.1. The van der Waals surface area contributed by atoms with Crippen LogP contribution in [0.5, 0.6) is 0 Å². The third-order valence-electron chi connectivity index (χ3n) is 5.86. The van der Waals surface area contributed by atoms with E-state index in [1.165, 1.54) is 4.90 Å². The zero-order valence-electron chi connectivity index (χ0n) is 21.8. The number of carbonyl (C=O) groups is 2. The van der Waals surface area contributed by atoms with Crippen molar-refractivity contribution in [3.63, 3.8) is 0 Å². The number of nitrogens with one attached hydrogen (secondary N) is 1. The highest BCUT2D eigenvalue weighted by atomic mass is 32.2. The van der Waals surface area contributed by atoms with Gasteiger partial charge in [-0.15, -0.1) is 0 Å². The highest BCUT2D eigenvalue weighted by Crippen LogP contribution is 2.22. The van der Waals surface area contributed by atoms with Gasteiger partial charge in [-0.05, 0) is 62.4 Å². The number of amides is 2. The van der Waals surface area contributed by atoms with E-state index in [9.17, 15) is 18.0 Å². The van der Waals surface area contributed by atoms with Gasteiger partial charge in [0.25, 0.3) is 0 Å². The van der Waals surface area contributed by atoms with Crippen LogP contribution in [0.4, 0.5) is 5.69 Å². The van der Waals surface area contributed by atoms with Crippen LogP contribution < -0.4 is 9.62 Å². The molecule has 0 aromatic heterocycles. The van der Waals surface area contributed by atoms with E-state index in [4.69, 9.17) is 0 Å². The highest BCUT2D eigenvalue weighted by molar-refractivity contribution is 7.92. The summed E-state index contributed by atoms with van der Waals surface area (Å²) in [4.78, 5) is 28.2. The molecule has 0 saturated heterocycles. The summed E-state index contributed by atoms with van der Waals surface area (Å²) in [6.07, 6.45) is 3.31. The monoisotopic (exact) mass is 501 g/mol. The number of benzene rings is 2. The van der Waals surface area contributed by atoms with E-state index in [0.717, 1.165) is 45.7 Å². The Morgan fingerprint density at radius 1 is 0.943 bits per heavy atom. The molecule has 7 nitrogen and oxygen atoms in total. The Morgan fingerprint density at radius 3 is 2.06 bits per heavy atom. The lowest BCUT2D eigenvalue weighted by molar-refractivity contribution is -0.140. The molecule has 0 aliphatic rings. The van der Waals surface area contributed by atoms with Crippen LogP contribution in [0.2, 0.25) is 0 Å². The third kappa shape index (κ3) is 8.38. The molecule has 0 bridgehead atoms. The first kappa shape index (κ1) is 28.4. The molecule has 0 heterocycles. The molecule has 2 amide bonds. The lowest BCUT2D eigenvalue weighted by Crippen LogP contribution is -2.52. The fraction of sp³-hybridized carbons (Fsp3) is 0.481. The summed E-state index contributed by atoms with van der Waals surface area (Å²) in [6, 6.07) is 12.5. The van der Waals surface area contributed by atoms with Crippen molar-refractivity contribution in [3.05, 3.63) is 64.7 Å². The van der Waals surface area contributed by atoms with Crippen molar-refractivity contribution in [2.24, 2.45) is 0 Å². The zero-order chi connectivity index (χ0) is 26.2. The maximum Gasteiger partial charge on any atom is 0.244 e. The Hall–Kier alpha value is -2.87. The Morgan fingerprint density at radius 2 is 1.54 bits per heavy atom. The van der Waals surface area contributed by atoms with Crippen molar-refractivity contribution in [2.45, 2.75) is 66.5 Å². The molecule has 2 aromatic carbocycles. The van der Waals surface area contributed by atoms with Crippen LogP contribution in [0.25, 0.3) is 0 Å². The summed E-state index contributed by atoms with van der Waals surface area (Å²) in [6.45, 7) is 10.0. The van der Waals surface area contributed by atoms with Gasteiger partial charge in [0.1, 0.15) is 12.6 Å². The summed E-state index contributed by atoms with van der Waals surface area (Å²) in [5, 5.41) is 2.93. The summed E-state index contributed by atoms with van der Waals surface area (Å²) in [5.41, 5.74) is 4.21. The van der Waals surface area contributed by atoms with Crippen LogP contribution in [0.1, 0.15) is 55.4 Å². The molecule has 1 N–H and O–H groups in total. The molecule has 0 spiro atoms. The van der Waals surface area contributed by atoms with E-state index in [2.05, 4.69) is 5.32 Å². The van der Waals surface area contributed by atoms with E-state index in [-0.39, 0.29) is 19.0 Å². The van der Waals surface area contributed by atoms with Crippen LogP contribution >= 0.6 is 0 Å². The van der Waals surface area contributed by atoms with Crippen molar-refractivity contribution in [1.82, 2.24) is 10.2 Å². The molecular weight excluding hydrogens is 462 g/mol. The van der Waals surface area contributed by atoms with Gasteiger partial charge >= 0.3 is 0 Å². The largest absolute Gasteiger partial charge is 0.354 e. The predicted molar refractivity (Wildman–Crippen MR) is 142 cm³/mol. The fourth-order valence-electron chi connectivity index (χ4n) is 4.02. The Balaban J connectivity index is 2.42. The van der Waals surface area contributed by atoms with Crippen LogP contribution in [0, 0.1) is 20.8 Å². The SMILES string of the molecule is CCCCNC(=O)C(CC)N(Cc1ccc(C)cc1)C(=O)CN(c1cc(C)cc(C)c1)S(C)(=O)=O. The minimum atomic E-state index is -3.74. The number of rotatable bonds is 12. The molecule has 0 saturated carbocycles. The van der Waals surface area contributed by atoms with Gasteiger partial charge in [0.2, 0.25) is 21.8 Å². The average molecular weight is 502 g/mol. The highest BCUT2D eigenvalue weighted by Gasteiger charge is 2.31. The first-order valence-electron chi connectivity index (χ1n) is 12.1. The van der Waals surface area contributed by atoms with Crippen molar-refractivity contribution in [1.29, 1.82) is 0 Å². The Labute approximate surface area is 210 Å². The molecule has 2 rings (SSSR count). The molecule has 0 aliphatic carbocycles. The van der Waals surface area contributed by atoms with E-state index >= 15 is 0 Å². The summed E-state index contributed by atoms with van der Waals surface area (Å²) >= 11 is 0. The average Bonchev–Trinajstić information content (AvgIpc) is 2.77. The van der Waals surface area contributed by atoms with Crippen molar-refractivity contribution >= 4 is 27.5 Å². The molecule has 0 fully saturated rings. The second-order valence-corrected chi connectivity index (χ2v) is 11.1. The first-order valence-corrected chi connectivity index (χ1v) is 14.0. The molecule has 8 heteroatoms. The standard InChI is InChI=1S/C27H39N3O4S/c1-7-9-14-28-27(32)25(8-2)29(18-23-12-10-20(3)11-13-23)26(31)19-30(35(6,33)34)24-16-21(4)15-22(5)17-24/h10-13,15-17,25H,7-9,14,18-19H2,1-6H3,(H,28,32). The van der Waals surface area contributed by atoms with Gasteiger partial charge in [-0.25, -0.2) is 8.42 Å². The zero-order valence-corrected chi connectivity index (χ0v) is 22.6. The summed E-state index contributed by atoms with van der Waals surface area (Å²) in [7, 11) is -3.74. The van der Waals surface area contributed by atoms with Crippen molar-refractivity contribution in [2.75, 3.05) is 23.7 Å². The van der Waals surface area contributed by atoms with Gasteiger partial charge < -0.3 is 10.2 Å². The van der Waals surface area contributed by atoms with Gasteiger partial charge in [0.15, 0.2) is 0 Å². The topological polar surface area (TPSA) is 86.8 Å². The molecular formula is C27H39N3O4S. The second-order valence-electron chi connectivity index (χ2n) is 9.19. The Bertz CT molecular complexity index is 1090. The fourth-order valence-corrected chi connectivity index (χ4v) is 4.86. The van der Waals surface area contributed by atoms with E-state index in [1.54, 1.807) is 12.1 Å². The predicted octanol–water partition coefficient (Wildman–Crippen LogP) is 4.10. The van der Waals surface area contributed by atoms with Gasteiger partial charge in [-0.2, -0.15) is 0 Å². The summed E-state index contributed by atoms with van der Waals surface area (Å²) < 4.78 is 26.6. The van der Waals surface area contributed by atoms with E-state index < -0.39 is 22.0 Å². The van der Waals surface area contributed by atoms with Crippen LogP contribution in [-0.2, 0) is 26.2 Å². The molecule has 35 heavy (non-hydrogen) atoms. The quantitative estimate of drug-likeness (QED) is 0.444. The van der Waals surface area contributed by atoms with E-state index in [1.807, 2.05) is 65.0 Å². The number of hydrogen-bond donors (Lipinski definition) is 1. The number of sulfonamides is 1. The molecule has 2 aromatic rings. The number of hydrogen-bond acceptors (Lipinski definition) is 4. The normalized spacial score (nSPS) is 12.2. The van der Waals surface area contributed by atoms with Gasteiger partial charge in [-0.3, -0.25) is 13.9 Å².